The van der Waals surface area contributed by atoms with Crippen LogP contribution in [0.3, 0.4) is 0 Å². The molecule has 0 amide bonds. The third-order valence-corrected chi connectivity index (χ3v) is 3.88. The van der Waals surface area contributed by atoms with Crippen LogP contribution in [0.4, 0.5) is 5.69 Å². The van der Waals surface area contributed by atoms with Gasteiger partial charge in [0.05, 0.1) is 5.69 Å². The van der Waals surface area contributed by atoms with Crippen LogP contribution < -0.4 is 11.5 Å². The molecular formula is C11H16BrClN2O. The number of halogens is 2. The summed E-state index contributed by atoms with van der Waals surface area (Å²) in [5.41, 5.74) is 12.9. The Morgan fingerprint density at radius 3 is 2.50 bits per heavy atom. The van der Waals surface area contributed by atoms with Gasteiger partial charge in [-0.25, -0.2) is 0 Å². The van der Waals surface area contributed by atoms with Gasteiger partial charge in [0.1, 0.15) is 5.75 Å². The van der Waals surface area contributed by atoms with Crippen molar-refractivity contribution in [1.82, 2.24) is 0 Å². The highest BCUT2D eigenvalue weighted by Gasteiger charge is 2.29. The van der Waals surface area contributed by atoms with Gasteiger partial charge in [-0.15, -0.1) is 12.4 Å². The second-order valence-electron chi connectivity index (χ2n) is 4.12. The predicted octanol–water partition coefficient (Wildman–Crippen LogP) is 2.96. The van der Waals surface area contributed by atoms with Gasteiger partial charge in [0.25, 0.3) is 0 Å². The first-order valence-corrected chi connectivity index (χ1v) is 5.93. The zero-order valence-corrected chi connectivity index (χ0v) is 11.2. The minimum atomic E-state index is -0.114. The van der Waals surface area contributed by atoms with Gasteiger partial charge in [0.2, 0.25) is 0 Å². The lowest BCUT2D eigenvalue weighted by atomic mass is 9.77. The Balaban J connectivity index is 0.00000128. The van der Waals surface area contributed by atoms with Gasteiger partial charge in [-0.3, -0.25) is 0 Å². The number of phenolic OH excluding ortho intramolecular Hbond substituents is 1. The van der Waals surface area contributed by atoms with E-state index in [1.54, 1.807) is 6.07 Å². The van der Waals surface area contributed by atoms with Crippen LogP contribution in [-0.2, 0) is 0 Å². The van der Waals surface area contributed by atoms with E-state index >= 15 is 0 Å². The minimum Gasteiger partial charge on any atom is -0.505 e. The molecule has 2 rings (SSSR count). The number of nitrogens with two attached hydrogens (primary N) is 2. The van der Waals surface area contributed by atoms with Crippen LogP contribution in [0, 0.1) is 5.92 Å². The van der Waals surface area contributed by atoms with Crippen molar-refractivity contribution in [2.75, 3.05) is 5.73 Å². The fourth-order valence-electron chi connectivity index (χ4n) is 1.95. The van der Waals surface area contributed by atoms with Crippen molar-refractivity contribution in [2.45, 2.75) is 25.3 Å². The lowest BCUT2D eigenvalue weighted by molar-refractivity contribution is 0.260. The molecule has 0 aliphatic heterocycles. The number of aromatic hydroxyl groups is 1. The molecule has 1 aliphatic rings. The SMILES string of the molecule is Cl.Nc1ccc(Br)c([C@H](N)C2CCC2)c1O. The number of rotatable bonds is 2. The molecular weight excluding hydrogens is 291 g/mol. The van der Waals surface area contributed by atoms with Gasteiger partial charge in [-0.2, -0.15) is 0 Å². The van der Waals surface area contributed by atoms with E-state index in [1.807, 2.05) is 6.07 Å². The van der Waals surface area contributed by atoms with Gasteiger partial charge in [-0.05, 0) is 30.9 Å². The Kier molecular flexibility index (Phi) is 4.47. The first-order valence-electron chi connectivity index (χ1n) is 5.13. The van der Waals surface area contributed by atoms with E-state index in [4.69, 9.17) is 11.5 Å². The number of hydrogen-bond acceptors (Lipinski definition) is 3. The lowest BCUT2D eigenvalue weighted by Gasteiger charge is -2.32. The maximum Gasteiger partial charge on any atom is 0.144 e. The van der Waals surface area contributed by atoms with Crippen LogP contribution in [0.1, 0.15) is 30.9 Å². The third-order valence-electron chi connectivity index (χ3n) is 3.19. The van der Waals surface area contributed by atoms with Crippen LogP contribution in [-0.4, -0.2) is 5.11 Å². The molecule has 1 aromatic rings. The topological polar surface area (TPSA) is 72.3 Å². The molecule has 5 N–H and O–H groups in total. The first kappa shape index (κ1) is 13.6. The highest BCUT2D eigenvalue weighted by molar-refractivity contribution is 9.10. The van der Waals surface area contributed by atoms with Crippen LogP contribution in [0.5, 0.6) is 5.75 Å². The van der Waals surface area contributed by atoms with Gasteiger partial charge in [-0.1, -0.05) is 22.4 Å². The maximum atomic E-state index is 9.88. The number of benzene rings is 1. The predicted molar refractivity (Wildman–Crippen MR) is 71.7 cm³/mol. The molecule has 0 spiro atoms. The van der Waals surface area contributed by atoms with Crippen LogP contribution in [0.25, 0.3) is 0 Å². The molecule has 0 unspecified atom stereocenters. The van der Waals surface area contributed by atoms with Crippen LogP contribution in [0.2, 0.25) is 0 Å². The highest BCUT2D eigenvalue weighted by Crippen LogP contribution is 2.43. The molecule has 3 nitrogen and oxygen atoms in total. The first-order chi connectivity index (χ1) is 7.11. The van der Waals surface area contributed by atoms with Crippen molar-refractivity contribution in [3.63, 3.8) is 0 Å². The molecule has 1 aromatic carbocycles. The number of anilines is 1. The molecule has 0 heterocycles. The fourth-order valence-corrected chi connectivity index (χ4v) is 2.54. The summed E-state index contributed by atoms with van der Waals surface area (Å²) in [5, 5.41) is 9.88. The van der Waals surface area contributed by atoms with Gasteiger partial charge < -0.3 is 16.6 Å². The summed E-state index contributed by atoms with van der Waals surface area (Å²) in [4.78, 5) is 0. The second-order valence-corrected chi connectivity index (χ2v) is 4.97. The van der Waals surface area contributed by atoms with Crippen molar-refractivity contribution in [1.29, 1.82) is 0 Å². The number of hydrogen-bond donors (Lipinski definition) is 3. The largest absolute Gasteiger partial charge is 0.505 e. The zero-order valence-electron chi connectivity index (χ0n) is 8.82. The van der Waals surface area contributed by atoms with E-state index in [0.717, 1.165) is 22.9 Å². The van der Waals surface area contributed by atoms with Crippen LogP contribution in [0.15, 0.2) is 16.6 Å². The van der Waals surface area contributed by atoms with Gasteiger partial charge in [0.15, 0.2) is 0 Å². The molecule has 0 saturated heterocycles. The Labute approximate surface area is 110 Å². The standard InChI is InChI=1S/C11H15BrN2O.ClH/c12-7-4-5-8(13)11(15)9(7)10(14)6-2-1-3-6;/h4-6,10,15H,1-3,13-14H2;1H/t10-;/m1./s1. The summed E-state index contributed by atoms with van der Waals surface area (Å²) in [5.74, 6) is 0.609. The maximum absolute atomic E-state index is 9.88. The monoisotopic (exact) mass is 306 g/mol. The molecule has 0 bridgehead atoms. The number of nitrogen functional groups attached to an aromatic ring is 1. The summed E-state index contributed by atoms with van der Waals surface area (Å²) >= 11 is 3.41. The summed E-state index contributed by atoms with van der Waals surface area (Å²) in [6.45, 7) is 0. The molecule has 0 radical (unpaired) electrons. The number of phenols is 1. The van der Waals surface area contributed by atoms with E-state index in [9.17, 15) is 5.11 Å². The Bertz CT molecular complexity index is 382. The quantitative estimate of drug-likeness (QED) is 0.581. The molecule has 0 aromatic heterocycles. The van der Waals surface area contributed by atoms with E-state index in [1.165, 1.54) is 6.42 Å². The van der Waals surface area contributed by atoms with E-state index in [2.05, 4.69) is 15.9 Å². The molecule has 90 valence electrons. The normalized spacial score (nSPS) is 17.4. The fraction of sp³-hybridized carbons (Fsp3) is 0.455. The average Bonchev–Trinajstić information content (AvgIpc) is 2.09. The minimum absolute atomic E-state index is 0. The molecule has 16 heavy (non-hydrogen) atoms. The van der Waals surface area contributed by atoms with Gasteiger partial charge in [0, 0.05) is 16.1 Å². The van der Waals surface area contributed by atoms with E-state index in [0.29, 0.717) is 11.6 Å². The molecule has 5 heteroatoms. The zero-order chi connectivity index (χ0) is 11.0. The summed E-state index contributed by atoms with van der Waals surface area (Å²) < 4.78 is 0.841. The van der Waals surface area contributed by atoms with E-state index < -0.39 is 0 Å². The van der Waals surface area contributed by atoms with Crippen molar-refractivity contribution in [3.05, 3.63) is 22.2 Å². The summed E-state index contributed by atoms with van der Waals surface area (Å²) in [7, 11) is 0. The van der Waals surface area contributed by atoms with Crippen LogP contribution >= 0.6 is 28.3 Å². The Morgan fingerprint density at radius 1 is 1.38 bits per heavy atom. The van der Waals surface area contributed by atoms with E-state index in [-0.39, 0.29) is 24.2 Å². The van der Waals surface area contributed by atoms with Crippen molar-refractivity contribution < 1.29 is 5.11 Å². The second kappa shape index (κ2) is 5.25. The Hall–Kier alpha value is -0.450. The lowest BCUT2D eigenvalue weighted by Crippen LogP contribution is -2.27. The molecule has 1 fully saturated rings. The Morgan fingerprint density at radius 2 is 2.00 bits per heavy atom. The van der Waals surface area contributed by atoms with Crippen molar-refractivity contribution >= 4 is 34.0 Å². The summed E-state index contributed by atoms with van der Waals surface area (Å²) in [6, 6.07) is 3.40. The molecule has 1 atom stereocenters. The summed E-state index contributed by atoms with van der Waals surface area (Å²) in [6.07, 6.45) is 3.52. The highest BCUT2D eigenvalue weighted by atomic mass is 79.9. The smallest absolute Gasteiger partial charge is 0.144 e. The van der Waals surface area contributed by atoms with Crippen molar-refractivity contribution in [2.24, 2.45) is 11.7 Å². The van der Waals surface area contributed by atoms with Crippen molar-refractivity contribution in [3.8, 4) is 5.75 Å². The third kappa shape index (κ3) is 2.29. The molecule has 1 saturated carbocycles. The average molecular weight is 308 g/mol. The molecule has 1 aliphatic carbocycles. The van der Waals surface area contributed by atoms with Gasteiger partial charge >= 0.3 is 0 Å².